The molecule has 0 spiro atoms. The topological polar surface area (TPSA) is 52.6 Å². The second-order valence-electron chi connectivity index (χ2n) is 4.45. The zero-order valence-electron chi connectivity index (χ0n) is 10.1. The van der Waals surface area contributed by atoms with E-state index in [1.807, 2.05) is 19.1 Å². The molecule has 1 atom stereocenters. The van der Waals surface area contributed by atoms with Crippen LogP contribution in [0.2, 0.25) is 0 Å². The third-order valence-electron chi connectivity index (χ3n) is 2.95. The van der Waals surface area contributed by atoms with E-state index >= 15 is 0 Å². The number of carbonyl (C=O) groups excluding carboxylic acids is 2. The quantitative estimate of drug-likeness (QED) is 0.693. The van der Waals surface area contributed by atoms with E-state index in [0.29, 0.717) is 12.0 Å². The zero-order chi connectivity index (χ0) is 12.6. The van der Waals surface area contributed by atoms with Crippen LogP contribution in [0.5, 0.6) is 0 Å². The van der Waals surface area contributed by atoms with Gasteiger partial charge in [-0.15, -0.1) is 0 Å². The number of hydrogen-bond acceptors (Lipinski definition) is 4. The van der Waals surface area contributed by atoms with E-state index in [2.05, 4.69) is 4.74 Å². The van der Waals surface area contributed by atoms with Crippen LogP contribution < -0.4 is 0 Å². The first-order chi connectivity index (χ1) is 7.96. The van der Waals surface area contributed by atoms with E-state index in [9.17, 15) is 9.59 Å². The molecule has 0 radical (unpaired) electrons. The van der Waals surface area contributed by atoms with Gasteiger partial charge in [0.25, 0.3) is 0 Å². The van der Waals surface area contributed by atoms with Crippen LogP contribution in [0.25, 0.3) is 0 Å². The number of fused-ring (bicyclic) bond motifs is 1. The molecule has 2 rings (SSSR count). The number of rotatable bonds is 1. The van der Waals surface area contributed by atoms with Gasteiger partial charge in [-0.1, -0.05) is 17.7 Å². The molecule has 4 heteroatoms. The van der Waals surface area contributed by atoms with Crippen molar-refractivity contribution in [1.29, 1.82) is 0 Å². The van der Waals surface area contributed by atoms with E-state index in [-0.39, 0.29) is 0 Å². The summed E-state index contributed by atoms with van der Waals surface area (Å²) in [5.74, 6) is -1.00. The van der Waals surface area contributed by atoms with Gasteiger partial charge in [-0.2, -0.15) is 0 Å². The molecule has 1 heterocycles. The Morgan fingerprint density at radius 3 is 2.82 bits per heavy atom. The van der Waals surface area contributed by atoms with Crippen molar-refractivity contribution in [2.45, 2.75) is 25.9 Å². The van der Waals surface area contributed by atoms with Crippen LogP contribution in [0.3, 0.4) is 0 Å². The summed E-state index contributed by atoms with van der Waals surface area (Å²) in [6.07, 6.45) is 0.348. The normalized spacial score (nSPS) is 22.6. The minimum atomic E-state index is -1.21. The first kappa shape index (κ1) is 11.6. The van der Waals surface area contributed by atoms with Gasteiger partial charge in [-0.3, -0.25) is 0 Å². The Hall–Kier alpha value is -1.84. The van der Waals surface area contributed by atoms with Gasteiger partial charge in [0.15, 0.2) is 0 Å². The van der Waals surface area contributed by atoms with Crippen molar-refractivity contribution < 1.29 is 19.1 Å². The van der Waals surface area contributed by atoms with Gasteiger partial charge < -0.3 is 9.47 Å². The fraction of sp³-hybridized carbons (Fsp3) is 0.385. The largest absolute Gasteiger partial charge is 0.466 e. The highest BCUT2D eigenvalue weighted by molar-refractivity contribution is 5.96. The summed E-state index contributed by atoms with van der Waals surface area (Å²) < 4.78 is 9.86. The highest BCUT2D eigenvalue weighted by Crippen LogP contribution is 2.29. The standard InChI is InChI=1S/C13H14O4/c1-8-4-5-9-7-13(2,12(15)16-3)17-11(14)10(9)6-8/h4-6H,7H2,1-3H3. The Morgan fingerprint density at radius 1 is 1.47 bits per heavy atom. The lowest BCUT2D eigenvalue weighted by atomic mass is 9.89. The van der Waals surface area contributed by atoms with Crippen molar-refractivity contribution in [2.75, 3.05) is 7.11 Å². The van der Waals surface area contributed by atoms with Crippen LogP contribution in [-0.4, -0.2) is 24.6 Å². The lowest BCUT2D eigenvalue weighted by Crippen LogP contribution is -2.46. The Labute approximate surface area is 99.5 Å². The summed E-state index contributed by atoms with van der Waals surface area (Å²) in [5, 5.41) is 0. The van der Waals surface area contributed by atoms with E-state index < -0.39 is 17.5 Å². The predicted molar refractivity (Wildman–Crippen MR) is 60.7 cm³/mol. The van der Waals surface area contributed by atoms with E-state index in [1.165, 1.54) is 7.11 Å². The highest BCUT2D eigenvalue weighted by Gasteiger charge is 2.43. The number of esters is 2. The summed E-state index contributed by atoms with van der Waals surface area (Å²) >= 11 is 0. The van der Waals surface area contributed by atoms with Crippen LogP contribution >= 0.6 is 0 Å². The second kappa shape index (κ2) is 3.87. The molecule has 1 aromatic carbocycles. The number of ether oxygens (including phenoxy) is 2. The lowest BCUT2D eigenvalue weighted by molar-refractivity contribution is -0.161. The monoisotopic (exact) mass is 234 g/mol. The Balaban J connectivity index is 2.43. The zero-order valence-corrected chi connectivity index (χ0v) is 10.1. The minimum absolute atomic E-state index is 0.348. The maximum absolute atomic E-state index is 11.8. The first-order valence-electron chi connectivity index (χ1n) is 5.37. The third kappa shape index (κ3) is 1.90. The minimum Gasteiger partial charge on any atom is -0.466 e. The van der Waals surface area contributed by atoms with Gasteiger partial charge >= 0.3 is 11.9 Å². The third-order valence-corrected chi connectivity index (χ3v) is 2.95. The molecule has 1 unspecified atom stereocenters. The Kier molecular flexibility index (Phi) is 2.65. The van der Waals surface area contributed by atoms with Gasteiger partial charge in [-0.05, 0) is 25.5 Å². The molecule has 4 nitrogen and oxygen atoms in total. The fourth-order valence-electron chi connectivity index (χ4n) is 2.02. The smallest absolute Gasteiger partial charge is 0.350 e. The maximum Gasteiger partial charge on any atom is 0.350 e. The fourth-order valence-corrected chi connectivity index (χ4v) is 2.02. The molecule has 17 heavy (non-hydrogen) atoms. The molecule has 0 saturated heterocycles. The van der Waals surface area contributed by atoms with Crippen molar-refractivity contribution in [3.8, 4) is 0 Å². The van der Waals surface area contributed by atoms with E-state index in [0.717, 1.165) is 11.1 Å². The number of carbonyl (C=O) groups is 2. The summed E-state index contributed by atoms with van der Waals surface area (Å²) in [4.78, 5) is 23.5. The Bertz CT molecular complexity index is 492. The number of cyclic esters (lactones) is 1. The number of aryl methyl sites for hydroxylation is 1. The van der Waals surface area contributed by atoms with Crippen molar-refractivity contribution in [1.82, 2.24) is 0 Å². The van der Waals surface area contributed by atoms with Crippen molar-refractivity contribution >= 4 is 11.9 Å². The van der Waals surface area contributed by atoms with Crippen LogP contribution in [-0.2, 0) is 20.7 Å². The average Bonchev–Trinajstić information content (AvgIpc) is 2.29. The van der Waals surface area contributed by atoms with Gasteiger partial charge in [-0.25, -0.2) is 9.59 Å². The molecular formula is C13H14O4. The predicted octanol–water partition coefficient (Wildman–Crippen LogP) is 1.64. The molecular weight excluding hydrogens is 220 g/mol. The van der Waals surface area contributed by atoms with Crippen LogP contribution in [0.1, 0.15) is 28.4 Å². The summed E-state index contributed by atoms with van der Waals surface area (Å²) in [6.45, 7) is 3.47. The van der Waals surface area contributed by atoms with Gasteiger partial charge in [0, 0.05) is 6.42 Å². The van der Waals surface area contributed by atoms with Crippen molar-refractivity contribution in [2.24, 2.45) is 0 Å². The molecule has 0 saturated carbocycles. The summed E-state index contributed by atoms with van der Waals surface area (Å²) in [6, 6.07) is 5.54. The van der Waals surface area contributed by atoms with Crippen LogP contribution in [0, 0.1) is 6.92 Å². The molecule has 0 aliphatic carbocycles. The van der Waals surface area contributed by atoms with Crippen molar-refractivity contribution in [3.05, 3.63) is 34.9 Å². The number of hydrogen-bond donors (Lipinski definition) is 0. The van der Waals surface area contributed by atoms with Crippen molar-refractivity contribution in [3.63, 3.8) is 0 Å². The van der Waals surface area contributed by atoms with Crippen LogP contribution in [0.4, 0.5) is 0 Å². The van der Waals surface area contributed by atoms with Gasteiger partial charge in [0.2, 0.25) is 5.60 Å². The second-order valence-corrected chi connectivity index (χ2v) is 4.45. The summed E-state index contributed by atoms with van der Waals surface area (Å²) in [5.41, 5.74) is 1.13. The molecule has 0 N–H and O–H groups in total. The van der Waals surface area contributed by atoms with E-state index in [1.54, 1.807) is 13.0 Å². The molecule has 0 bridgehead atoms. The van der Waals surface area contributed by atoms with Crippen LogP contribution in [0.15, 0.2) is 18.2 Å². The molecule has 1 aliphatic rings. The van der Waals surface area contributed by atoms with Gasteiger partial charge in [0.05, 0.1) is 12.7 Å². The molecule has 0 aromatic heterocycles. The number of benzene rings is 1. The Morgan fingerprint density at radius 2 is 2.18 bits per heavy atom. The SMILES string of the molecule is COC(=O)C1(C)Cc2ccc(C)cc2C(=O)O1. The molecule has 1 aromatic rings. The first-order valence-corrected chi connectivity index (χ1v) is 5.37. The van der Waals surface area contributed by atoms with Gasteiger partial charge in [0.1, 0.15) is 0 Å². The average molecular weight is 234 g/mol. The lowest BCUT2D eigenvalue weighted by Gasteiger charge is -2.31. The molecule has 0 amide bonds. The van der Waals surface area contributed by atoms with E-state index in [4.69, 9.17) is 4.74 Å². The molecule has 0 fully saturated rings. The molecule has 90 valence electrons. The maximum atomic E-state index is 11.8. The highest BCUT2D eigenvalue weighted by atomic mass is 16.6. The number of methoxy groups -OCH3 is 1. The summed E-state index contributed by atoms with van der Waals surface area (Å²) in [7, 11) is 1.28. The molecule has 1 aliphatic heterocycles.